The highest BCUT2D eigenvalue weighted by molar-refractivity contribution is 14.0. The Bertz CT molecular complexity index is 325. The molecule has 22 heavy (non-hydrogen) atoms. The molecule has 1 fully saturated rings. The SMILES string of the molecule is C=CCCCN(C)C(=NC)NCC(C)N1CCC(C)CC1.I. The summed E-state index contributed by atoms with van der Waals surface area (Å²) in [6, 6.07) is 0.566. The maximum Gasteiger partial charge on any atom is 0.193 e. The number of hydrogen-bond acceptors (Lipinski definition) is 2. The smallest absolute Gasteiger partial charge is 0.193 e. The number of likely N-dealkylation sites (tertiary alicyclic amines) is 1. The van der Waals surface area contributed by atoms with Crippen LogP contribution in [0, 0.1) is 5.92 Å². The van der Waals surface area contributed by atoms with E-state index in [0.717, 1.165) is 37.8 Å². The monoisotopic (exact) mass is 422 g/mol. The van der Waals surface area contributed by atoms with Crippen molar-refractivity contribution in [1.82, 2.24) is 15.1 Å². The number of halogens is 1. The molecule has 0 bridgehead atoms. The summed E-state index contributed by atoms with van der Waals surface area (Å²) in [5.74, 6) is 1.89. The number of aliphatic imine (C=N–C) groups is 1. The van der Waals surface area contributed by atoms with Crippen molar-refractivity contribution in [3.05, 3.63) is 12.7 Å². The Balaban J connectivity index is 0.00000441. The third-order valence-electron chi connectivity index (χ3n) is 4.47. The van der Waals surface area contributed by atoms with Crippen LogP contribution in [-0.4, -0.2) is 62.1 Å². The van der Waals surface area contributed by atoms with Crippen LogP contribution in [0.15, 0.2) is 17.6 Å². The zero-order valence-electron chi connectivity index (χ0n) is 14.8. The van der Waals surface area contributed by atoms with E-state index in [1.165, 1.54) is 25.9 Å². The largest absolute Gasteiger partial charge is 0.355 e. The van der Waals surface area contributed by atoms with Gasteiger partial charge in [0.25, 0.3) is 0 Å². The lowest BCUT2D eigenvalue weighted by Gasteiger charge is -2.35. The fourth-order valence-corrected chi connectivity index (χ4v) is 2.80. The molecule has 0 radical (unpaired) electrons. The van der Waals surface area contributed by atoms with Crippen LogP contribution in [-0.2, 0) is 0 Å². The summed E-state index contributed by atoms with van der Waals surface area (Å²) in [6.07, 6.45) is 6.83. The average molecular weight is 422 g/mol. The molecule has 0 aromatic heterocycles. The van der Waals surface area contributed by atoms with Gasteiger partial charge in [-0.05, 0) is 51.6 Å². The van der Waals surface area contributed by atoms with Crippen LogP contribution >= 0.6 is 24.0 Å². The van der Waals surface area contributed by atoms with Crippen LogP contribution in [0.5, 0.6) is 0 Å². The van der Waals surface area contributed by atoms with Gasteiger partial charge >= 0.3 is 0 Å². The first kappa shape index (κ1) is 21.7. The van der Waals surface area contributed by atoms with Crippen LogP contribution in [0.3, 0.4) is 0 Å². The van der Waals surface area contributed by atoms with E-state index in [-0.39, 0.29) is 24.0 Å². The van der Waals surface area contributed by atoms with Crippen molar-refractivity contribution in [1.29, 1.82) is 0 Å². The highest BCUT2D eigenvalue weighted by Crippen LogP contribution is 2.17. The molecule has 1 saturated heterocycles. The van der Waals surface area contributed by atoms with Crippen molar-refractivity contribution >= 4 is 29.9 Å². The van der Waals surface area contributed by atoms with Crippen molar-refractivity contribution < 1.29 is 0 Å². The zero-order chi connectivity index (χ0) is 15.7. The van der Waals surface area contributed by atoms with Crippen LogP contribution < -0.4 is 5.32 Å². The van der Waals surface area contributed by atoms with E-state index in [2.05, 4.69) is 47.6 Å². The number of nitrogens with one attached hydrogen (secondary N) is 1. The van der Waals surface area contributed by atoms with Gasteiger partial charge in [-0.25, -0.2) is 0 Å². The van der Waals surface area contributed by atoms with Crippen molar-refractivity contribution in [3.8, 4) is 0 Å². The summed E-state index contributed by atoms with van der Waals surface area (Å²) in [5.41, 5.74) is 0. The predicted octanol–water partition coefficient (Wildman–Crippen LogP) is 3.20. The molecule has 1 aliphatic heterocycles. The lowest BCUT2D eigenvalue weighted by molar-refractivity contribution is 0.147. The molecule has 0 spiro atoms. The van der Waals surface area contributed by atoms with Gasteiger partial charge in [0.1, 0.15) is 0 Å². The van der Waals surface area contributed by atoms with E-state index in [1.54, 1.807) is 0 Å². The predicted molar refractivity (Wildman–Crippen MR) is 108 cm³/mol. The number of allylic oxidation sites excluding steroid dienone is 1. The summed E-state index contributed by atoms with van der Waals surface area (Å²) in [7, 11) is 3.96. The molecule has 0 aliphatic carbocycles. The van der Waals surface area contributed by atoms with Gasteiger partial charge in [0.2, 0.25) is 0 Å². The van der Waals surface area contributed by atoms with Crippen molar-refractivity contribution in [2.24, 2.45) is 10.9 Å². The number of rotatable bonds is 7. The fraction of sp³-hybridized carbons (Fsp3) is 0.824. The third kappa shape index (κ3) is 7.81. The van der Waals surface area contributed by atoms with Crippen LogP contribution in [0.1, 0.15) is 39.5 Å². The number of unbranched alkanes of at least 4 members (excludes halogenated alkanes) is 1. The Morgan fingerprint density at radius 2 is 2.09 bits per heavy atom. The molecule has 0 amide bonds. The standard InChI is InChI=1S/C17H34N4.HI/c1-6-7-8-11-20(5)17(18-4)19-14-16(3)21-12-9-15(2)10-13-21;/h6,15-16H,1,7-14H2,2-5H3,(H,18,19);1H. The zero-order valence-corrected chi connectivity index (χ0v) is 17.2. The Morgan fingerprint density at radius 3 is 2.64 bits per heavy atom. The van der Waals surface area contributed by atoms with E-state index in [4.69, 9.17) is 0 Å². The maximum atomic E-state index is 4.38. The number of hydrogen-bond donors (Lipinski definition) is 1. The van der Waals surface area contributed by atoms with Crippen LogP contribution in [0.25, 0.3) is 0 Å². The Morgan fingerprint density at radius 1 is 1.45 bits per heavy atom. The summed E-state index contributed by atoms with van der Waals surface area (Å²) in [4.78, 5) is 9.18. The highest BCUT2D eigenvalue weighted by Gasteiger charge is 2.20. The first-order valence-electron chi connectivity index (χ1n) is 8.35. The minimum absolute atomic E-state index is 0. The van der Waals surface area contributed by atoms with E-state index in [9.17, 15) is 0 Å². The molecular weight excluding hydrogens is 387 g/mol. The Kier molecular flexibility index (Phi) is 12.0. The topological polar surface area (TPSA) is 30.9 Å². The molecule has 4 nitrogen and oxygen atoms in total. The van der Waals surface area contributed by atoms with E-state index < -0.39 is 0 Å². The second kappa shape index (κ2) is 12.2. The third-order valence-corrected chi connectivity index (χ3v) is 4.47. The Hall–Kier alpha value is -0.300. The number of nitrogens with zero attached hydrogens (tertiary/aromatic N) is 3. The second-order valence-electron chi connectivity index (χ2n) is 6.35. The van der Waals surface area contributed by atoms with E-state index in [1.807, 2.05) is 13.1 Å². The van der Waals surface area contributed by atoms with Gasteiger partial charge in [-0.3, -0.25) is 9.89 Å². The summed E-state index contributed by atoms with van der Waals surface area (Å²) in [5, 5.41) is 3.51. The van der Waals surface area contributed by atoms with Crippen LogP contribution in [0.2, 0.25) is 0 Å². The van der Waals surface area contributed by atoms with Gasteiger partial charge in [-0.1, -0.05) is 13.0 Å². The average Bonchev–Trinajstić information content (AvgIpc) is 2.48. The Labute approximate surface area is 154 Å². The normalized spacial score (nSPS) is 18.5. The molecule has 1 rings (SSSR count). The molecule has 0 aromatic rings. The molecule has 1 heterocycles. The molecule has 5 heteroatoms. The molecule has 130 valence electrons. The minimum atomic E-state index is 0. The number of piperidine rings is 1. The molecule has 0 aromatic carbocycles. The molecule has 1 aliphatic rings. The molecule has 1 N–H and O–H groups in total. The lowest BCUT2D eigenvalue weighted by atomic mass is 9.98. The van der Waals surface area contributed by atoms with Gasteiger partial charge in [0.15, 0.2) is 5.96 Å². The molecule has 1 unspecified atom stereocenters. The molecular formula is C17H35IN4. The minimum Gasteiger partial charge on any atom is -0.355 e. The highest BCUT2D eigenvalue weighted by atomic mass is 127. The van der Waals surface area contributed by atoms with Crippen molar-refractivity contribution in [3.63, 3.8) is 0 Å². The van der Waals surface area contributed by atoms with Gasteiger partial charge in [0.05, 0.1) is 0 Å². The quantitative estimate of drug-likeness (QED) is 0.225. The van der Waals surface area contributed by atoms with Gasteiger partial charge in [-0.2, -0.15) is 0 Å². The van der Waals surface area contributed by atoms with Crippen molar-refractivity contribution in [2.75, 3.05) is 40.3 Å². The van der Waals surface area contributed by atoms with Gasteiger partial charge < -0.3 is 10.2 Å². The second-order valence-corrected chi connectivity index (χ2v) is 6.35. The number of guanidine groups is 1. The summed E-state index contributed by atoms with van der Waals surface area (Å²) < 4.78 is 0. The summed E-state index contributed by atoms with van der Waals surface area (Å²) >= 11 is 0. The maximum absolute atomic E-state index is 4.38. The fourth-order valence-electron chi connectivity index (χ4n) is 2.80. The van der Waals surface area contributed by atoms with Crippen molar-refractivity contribution in [2.45, 2.75) is 45.6 Å². The first-order chi connectivity index (χ1) is 10.1. The molecule has 0 saturated carbocycles. The lowest BCUT2D eigenvalue weighted by Crippen LogP contribution is -2.48. The van der Waals surface area contributed by atoms with E-state index >= 15 is 0 Å². The van der Waals surface area contributed by atoms with Gasteiger partial charge in [-0.15, -0.1) is 30.6 Å². The van der Waals surface area contributed by atoms with Crippen LogP contribution in [0.4, 0.5) is 0 Å². The molecule has 1 atom stereocenters. The first-order valence-corrected chi connectivity index (χ1v) is 8.35. The van der Waals surface area contributed by atoms with Gasteiger partial charge in [0, 0.05) is 33.2 Å². The van der Waals surface area contributed by atoms with E-state index in [0.29, 0.717) is 6.04 Å². The summed E-state index contributed by atoms with van der Waals surface area (Å²) in [6.45, 7) is 12.9.